The number of rotatable bonds is 22. The SMILES string of the molecule is [2H]C([2H])([2H])CCCCCCCCCCCCCCCCCCCCCCC(=O)O. The Labute approximate surface area is 168 Å². The maximum atomic E-state index is 10.4. The highest BCUT2D eigenvalue weighted by atomic mass is 16.4. The van der Waals surface area contributed by atoms with Crippen LogP contribution in [0.1, 0.15) is 152 Å². The van der Waals surface area contributed by atoms with Gasteiger partial charge in [0.05, 0.1) is 0 Å². The van der Waals surface area contributed by atoms with Gasteiger partial charge in [-0.25, -0.2) is 0 Å². The summed E-state index contributed by atoms with van der Waals surface area (Å²) in [7, 11) is 0. The van der Waals surface area contributed by atoms with Gasteiger partial charge in [0.15, 0.2) is 0 Å². The molecule has 156 valence electrons. The Morgan fingerprint density at radius 1 is 0.538 bits per heavy atom. The van der Waals surface area contributed by atoms with Gasteiger partial charge in [0.2, 0.25) is 0 Å². The lowest BCUT2D eigenvalue weighted by atomic mass is 10.0. The van der Waals surface area contributed by atoms with Crippen LogP contribution in [0.25, 0.3) is 0 Å². The van der Waals surface area contributed by atoms with E-state index < -0.39 is 12.8 Å². The van der Waals surface area contributed by atoms with E-state index in [1.165, 1.54) is 103 Å². The second kappa shape index (κ2) is 22.5. The van der Waals surface area contributed by atoms with E-state index in [4.69, 9.17) is 9.22 Å². The molecule has 0 spiro atoms. The molecule has 2 heteroatoms. The Hall–Kier alpha value is -0.530. The lowest BCUT2D eigenvalue weighted by Crippen LogP contribution is -1.93. The number of carbonyl (C=O) groups is 1. The van der Waals surface area contributed by atoms with Gasteiger partial charge in [-0.15, -0.1) is 0 Å². The van der Waals surface area contributed by atoms with Crippen molar-refractivity contribution in [3.63, 3.8) is 0 Å². The highest BCUT2D eigenvalue weighted by Crippen LogP contribution is 2.15. The molecule has 0 atom stereocenters. The van der Waals surface area contributed by atoms with E-state index in [1.807, 2.05) is 0 Å². The van der Waals surface area contributed by atoms with E-state index in [9.17, 15) is 4.79 Å². The molecule has 0 rings (SSSR count). The lowest BCUT2D eigenvalue weighted by molar-refractivity contribution is -0.137. The fraction of sp³-hybridized carbons (Fsp3) is 0.958. The fourth-order valence-corrected chi connectivity index (χ4v) is 3.58. The fourth-order valence-electron chi connectivity index (χ4n) is 3.58. The molecule has 2 nitrogen and oxygen atoms in total. The third-order valence-electron chi connectivity index (χ3n) is 5.32. The van der Waals surface area contributed by atoms with Crippen LogP contribution in [0.5, 0.6) is 0 Å². The number of carboxylic acid groups (broad SMARTS) is 1. The predicted octanol–water partition coefficient (Wildman–Crippen LogP) is 8.67. The molecule has 0 bridgehead atoms. The van der Waals surface area contributed by atoms with Gasteiger partial charge >= 0.3 is 5.97 Å². The van der Waals surface area contributed by atoms with Crippen molar-refractivity contribution >= 4 is 5.97 Å². The van der Waals surface area contributed by atoms with E-state index in [2.05, 4.69) is 0 Å². The summed E-state index contributed by atoms with van der Waals surface area (Å²) in [5.74, 6) is -0.665. The maximum absolute atomic E-state index is 10.4. The second-order valence-electron chi connectivity index (χ2n) is 7.96. The summed E-state index contributed by atoms with van der Waals surface area (Å²) in [6.45, 7) is -1.73. The van der Waals surface area contributed by atoms with E-state index in [0.717, 1.165) is 25.7 Å². The number of unbranched alkanes of at least 4 members (excludes halogenated alkanes) is 19. The molecule has 0 aliphatic heterocycles. The molecule has 0 saturated heterocycles. The van der Waals surface area contributed by atoms with Gasteiger partial charge in [0, 0.05) is 10.5 Å². The summed E-state index contributed by atoms with van der Waals surface area (Å²) >= 11 is 0. The van der Waals surface area contributed by atoms with Crippen LogP contribution in [0.3, 0.4) is 0 Å². The van der Waals surface area contributed by atoms with Gasteiger partial charge < -0.3 is 5.11 Å². The maximum Gasteiger partial charge on any atom is 0.303 e. The molecule has 0 aliphatic rings. The molecule has 0 aromatic heterocycles. The van der Waals surface area contributed by atoms with Crippen molar-refractivity contribution in [1.82, 2.24) is 0 Å². The first-order valence-electron chi connectivity index (χ1n) is 13.1. The Balaban J connectivity index is 3.04. The molecular formula is C24H48O2. The second-order valence-corrected chi connectivity index (χ2v) is 7.96. The van der Waals surface area contributed by atoms with Gasteiger partial charge in [-0.05, 0) is 6.42 Å². The highest BCUT2D eigenvalue weighted by Gasteiger charge is 1.97. The summed E-state index contributed by atoms with van der Waals surface area (Å²) in [6.07, 6.45) is 25.8. The molecule has 0 unspecified atom stereocenters. The average molecular weight is 372 g/mol. The summed E-state index contributed by atoms with van der Waals surface area (Å²) in [4.78, 5) is 10.4. The zero-order valence-electron chi connectivity index (χ0n) is 20.4. The topological polar surface area (TPSA) is 37.3 Å². The van der Waals surface area contributed by atoms with Gasteiger partial charge in [0.1, 0.15) is 0 Å². The van der Waals surface area contributed by atoms with Crippen molar-refractivity contribution in [2.45, 2.75) is 148 Å². The van der Waals surface area contributed by atoms with Crippen molar-refractivity contribution in [2.24, 2.45) is 0 Å². The molecule has 0 amide bonds. The van der Waals surface area contributed by atoms with Crippen LogP contribution >= 0.6 is 0 Å². The van der Waals surface area contributed by atoms with Crippen LogP contribution < -0.4 is 0 Å². The van der Waals surface area contributed by atoms with Crippen LogP contribution in [-0.4, -0.2) is 11.1 Å². The number of hydrogen-bond acceptors (Lipinski definition) is 1. The smallest absolute Gasteiger partial charge is 0.303 e. The van der Waals surface area contributed by atoms with Crippen LogP contribution in [0.2, 0.25) is 0 Å². The quantitative estimate of drug-likeness (QED) is 0.193. The predicted molar refractivity (Wildman–Crippen MR) is 115 cm³/mol. The summed E-state index contributed by atoms with van der Waals surface area (Å²) in [5.41, 5.74) is 0. The molecule has 0 aromatic rings. The standard InChI is InChI=1S/C24H48O2/c1-2-3-4-5-6-7-8-9-10-11-12-13-14-15-16-17-18-19-20-21-22-23-24(25)26/h2-23H2,1H3,(H,25,26)/i1D3. The normalized spacial score (nSPS) is 13.3. The third kappa shape index (κ3) is 23.5. The molecule has 26 heavy (non-hydrogen) atoms. The largest absolute Gasteiger partial charge is 0.481 e. The van der Waals surface area contributed by atoms with Gasteiger partial charge in [-0.2, -0.15) is 0 Å². The molecule has 0 aromatic carbocycles. The van der Waals surface area contributed by atoms with Crippen molar-refractivity contribution < 1.29 is 14.0 Å². The van der Waals surface area contributed by atoms with Crippen LogP contribution in [0, 0.1) is 0 Å². The van der Waals surface area contributed by atoms with Crippen LogP contribution in [0.15, 0.2) is 0 Å². The lowest BCUT2D eigenvalue weighted by Gasteiger charge is -2.04. The van der Waals surface area contributed by atoms with Crippen molar-refractivity contribution in [3.05, 3.63) is 0 Å². The van der Waals surface area contributed by atoms with Crippen LogP contribution in [-0.2, 0) is 4.79 Å². The van der Waals surface area contributed by atoms with Crippen LogP contribution in [0.4, 0.5) is 0 Å². The zero-order chi connectivity index (χ0) is 21.6. The van der Waals surface area contributed by atoms with Gasteiger partial charge in [0.25, 0.3) is 0 Å². The van der Waals surface area contributed by atoms with Crippen molar-refractivity contribution in [2.75, 3.05) is 0 Å². The first-order chi connectivity index (χ1) is 13.9. The minimum atomic E-state index is -1.73. The Morgan fingerprint density at radius 3 is 1.08 bits per heavy atom. The highest BCUT2D eigenvalue weighted by molar-refractivity contribution is 5.66. The summed E-state index contributed by atoms with van der Waals surface area (Å²) in [5, 5.41) is 8.58. The molecule has 0 saturated carbocycles. The van der Waals surface area contributed by atoms with E-state index >= 15 is 0 Å². The number of carboxylic acids is 1. The summed E-state index contributed by atoms with van der Waals surface area (Å²) < 4.78 is 21.5. The van der Waals surface area contributed by atoms with Crippen molar-refractivity contribution in [3.8, 4) is 0 Å². The minimum Gasteiger partial charge on any atom is -0.481 e. The van der Waals surface area contributed by atoms with Gasteiger partial charge in [-0.1, -0.05) is 135 Å². The molecule has 0 radical (unpaired) electrons. The van der Waals surface area contributed by atoms with Gasteiger partial charge in [-0.3, -0.25) is 4.79 Å². The first kappa shape index (κ1) is 20.2. The van der Waals surface area contributed by atoms with E-state index in [1.54, 1.807) is 0 Å². The number of hydrogen-bond donors (Lipinski definition) is 1. The molecule has 1 N–H and O–H groups in total. The first-order valence-corrected chi connectivity index (χ1v) is 11.6. The monoisotopic (exact) mass is 371 g/mol. The molecule has 0 heterocycles. The van der Waals surface area contributed by atoms with E-state index in [-0.39, 0.29) is 0 Å². The Kier molecular flexibility index (Phi) is 17.5. The molecular weight excluding hydrogens is 320 g/mol. The number of aliphatic carboxylic acids is 1. The minimum absolute atomic E-state index is 0.329. The Morgan fingerprint density at radius 2 is 0.808 bits per heavy atom. The van der Waals surface area contributed by atoms with E-state index in [0.29, 0.717) is 12.8 Å². The third-order valence-corrected chi connectivity index (χ3v) is 5.32. The Bertz CT molecular complexity index is 357. The summed E-state index contributed by atoms with van der Waals surface area (Å²) in [6, 6.07) is 0. The van der Waals surface area contributed by atoms with Crippen molar-refractivity contribution in [1.29, 1.82) is 0 Å². The molecule has 0 fully saturated rings. The average Bonchev–Trinajstić information content (AvgIpc) is 2.64. The molecule has 0 aliphatic carbocycles. The zero-order valence-corrected chi connectivity index (χ0v) is 17.4.